The summed E-state index contributed by atoms with van der Waals surface area (Å²) >= 11 is 0.892. The Balaban J connectivity index is 1.95. The Morgan fingerprint density at radius 1 is 1.11 bits per heavy atom. The number of methoxy groups -OCH3 is 1. The van der Waals surface area contributed by atoms with Gasteiger partial charge in [-0.3, -0.25) is 14.5 Å². The van der Waals surface area contributed by atoms with Crippen LogP contribution in [0, 0.1) is 6.92 Å². The summed E-state index contributed by atoms with van der Waals surface area (Å²) in [6, 6.07) is 9.77. The number of thiazole rings is 1. The molecule has 2 N–H and O–H groups in total. The predicted molar refractivity (Wildman–Crippen MR) is 140 cm³/mol. The van der Waals surface area contributed by atoms with Crippen molar-refractivity contribution in [1.29, 1.82) is 0 Å². The first kappa shape index (κ1) is 26.7. The highest BCUT2D eigenvalue weighted by molar-refractivity contribution is 7.17. The van der Waals surface area contributed by atoms with Crippen LogP contribution in [-0.4, -0.2) is 53.2 Å². The van der Waals surface area contributed by atoms with Gasteiger partial charge in [0.1, 0.15) is 16.4 Å². The number of carbonyl (C=O) groups is 3. The molecule has 2 heterocycles. The number of nitrogens with zero attached hydrogens (tertiary/aromatic N) is 2. The zero-order valence-electron chi connectivity index (χ0n) is 21.2. The molecule has 2 aromatic carbocycles. The molecule has 1 aliphatic heterocycles. The minimum absolute atomic E-state index is 0.0724. The van der Waals surface area contributed by atoms with E-state index in [0.29, 0.717) is 23.6 Å². The average Bonchev–Trinajstić information content (AvgIpc) is 3.41. The number of hydrogen-bond acceptors (Lipinski definition) is 10. The van der Waals surface area contributed by atoms with Crippen LogP contribution >= 0.6 is 11.3 Å². The van der Waals surface area contributed by atoms with Crippen molar-refractivity contribution in [2.45, 2.75) is 26.8 Å². The molecule has 10 nitrogen and oxygen atoms in total. The van der Waals surface area contributed by atoms with Gasteiger partial charge in [-0.1, -0.05) is 29.5 Å². The van der Waals surface area contributed by atoms with E-state index >= 15 is 0 Å². The lowest BCUT2D eigenvalue weighted by atomic mass is 9.95. The van der Waals surface area contributed by atoms with E-state index in [1.807, 2.05) is 6.92 Å². The molecule has 38 heavy (non-hydrogen) atoms. The maximum atomic E-state index is 13.4. The van der Waals surface area contributed by atoms with Gasteiger partial charge in [0.25, 0.3) is 5.78 Å². The Hall–Kier alpha value is -4.38. The van der Waals surface area contributed by atoms with Crippen LogP contribution in [0.1, 0.15) is 46.4 Å². The van der Waals surface area contributed by atoms with Gasteiger partial charge < -0.3 is 24.4 Å². The number of anilines is 1. The smallest absolute Gasteiger partial charge is 0.350 e. The zero-order chi connectivity index (χ0) is 27.6. The number of carbonyl (C=O) groups excluding carboxylic acids is 3. The molecule has 4 rings (SSSR count). The molecule has 1 fully saturated rings. The lowest BCUT2D eigenvalue weighted by Gasteiger charge is -2.23. The Labute approximate surface area is 222 Å². The van der Waals surface area contributed by atoms with Crippen LogP contribution in [0.2, 0.25) is 0 Å². The van der Waals surface area contributed by atoms with Gasteiger partial charge in [0.2, 0.25) is 0 Å². The number of aryl methyl sites for hydroxylation is 1. The lowest BCUT2D eigenvalue weighted by Crippen LogP contribution is -2.29. The third-order valence-electron chi connectivity index (χ3n) is 5.82. The van der Waals surface area contributed by atoms with Crippen LogP contribution in [0.4, 0.5) is 5.13 Å². The van der Waals surface area contributed by atoms with Gasteiger partial charge in [0.15, 0.2) is 16.6 Å². The maximum Gasteiger partial charge on any atom is 0.350 e. The summed E-state index contributed by atoms with van der Waals surface area (Å²) in [6.45, 7) is 5.81. The number of aromatic hydroxyl groups is 1. The Morgan fingerprint density at radius 2 is 1.84 bits per heavy atom. The van der Waals surface area contributed by atoms with Crippen molar-refractivity contribution in [3.05, 3.63) is 69.7 Å². The van der Waals surface area contributed by atoms with Gasteiger partial charge in [-0.05, 0) is 50.6 Å². The lowest BCUT2D eigenvalue weighted by molar-refractivity contribution is -0.132. The Kier molecular flexibility index (Phi) is 7.67. The topological polar surface area (TPSA) is 135 Å². The molecule has 3 aromatic rings. The Bertz CT molecular complexity index is 1440. The van der Waals surface area contributed by atoms with Gasteiger partial charge in [0, 0.05) is 5.56 Å². The molecule has 1 aromatic heterocycles. The fourth-order valence-corrected chi connectivity index (χ4v) is 5.15. The molecule has 0 aliphatic carbocycles. The SMILES string of the molecule is CCOc1cccc(/C(O)=C2\C(=O)C(=O)N(c3nc(C)c(C(=O)OC)s3)C2c2ccc(O)c(OCC)c2)c1. The fraction of sp³-hybridized carbons (Fsp3) is 0.259. The molecule has 0 saturated carbocycles. The molecule has 0 spiro atoms. The second kappa shape index (κ2) is 10.9. The summed E-state index contributed by atoms with van der Waals surface area (Å²) in [6.07, 6.45) is 0. The second-order valence-corrected chi connectivity index (χ2v) is 9.17. The van der Waals surface area contributed by atoms with E-state index in [2.05, 4.69) is 4.98 Å². The van der Waals surface area contributed by atoms with E-state index in [-0.39, 0.29) is 39.3 Å². The number of rotatable bonds is 8. The van der Waals surface area contributed by atoms with Crippen molar-refractivity contribution in [3.63, 3.8) is 0 Å². The third-order valence-corrected chi connectivity index (χ3v) is 6.96. The number of aliphatic hydroxyl groups excluding tert-OH is 1. The second-order valence-electron chi connectivity index (χ2n) is 8.19. The quantitative estimate of drug-likeness (QED) is 0.185. The zero-order valence-corrected chi connectivity index (χ0v) is 22.0. The van der Waals surface area contributed by atoms with Gasteiger partial charge in [0.05, 0.1) is 37.6 Å². The molecular weight excluding hydrogens is 512 g/mol. The van der Waals surface area contributed by atoms with Crippen molar-refractivity contribution in [3.8, 4) is 17.2 Å². The molecule has 1 amide bonds. The number of ketones is 1. The first-order chi connectivity index (χ1) is 18.2. The molecule has 11 heteroatoms. The molecule has 1 atom stereocenters. The normalized spacial score (nSPS) is 16.5. The summed E-state index contributed by atoms with van der Waals surface area (Å²) < 4.78 is 15.8. The van der Waals surface area contributed by atoms with Crippen molar-refractivity contribution in [2.75, 3.05) is 25.2 Å². The first-order valence-corrected chi connectivity index (χ1v) is 12.6. The van der Waals surface area contributed by atoms with E-state index in [9.17, 15) is 24.6 Å². The van der Waals surface area contributed by atoms with E-state index in [4.69, 9.17) is 14.2 Å². The van der Waals surface area contributed by atoms with Gasteiger partial charge in [-0.15, -0.1) is 0 Å². The highest BCUT2D eigenvalue weighted by Gasteiger charge is 2.48. The summed E-state index contributed by atoms with van der Waals surface area (Å²) in [7, 11) is 1.23. The molecule has 198 valence electrons. The highest BCUT2D eigenvalue weighted by Crippen LogP contribution is 2.45. The molecule has 1 saturated heterocycles. The number of esters is 1. The molecular formula is C27H26N2O8S. The van der Waals surface area contributed by atoms with E-state index < -0.39 is 29.5 Å². The third kappa shape index (κ3) is 4.80. The number of aromatic nitrogens is 1. The number of phenols is 1. The minimum Gasteiger partial charge on any atom is -0.507 e. The largest absolute Gasteiger partial charge is 0.507 e. The van der Waals surface area contributed by atoms with Crippen LogP contribution in [-0.2, 0) is 14.3 Å². The number of ether oxygens (including phenoxy) is 3. The highest BCUT2D eigenvalue weighted by atomic mass is 32.1. The molecule has 0 radical (unpaired) electrons. The standard InChI is InChI=1S/C27H26N2O8S/c1-5-36-17-9-7-8-16(12-17)22(31)20-21(15-10-11-18(30)19(13-15)37-6-2)29(25(33)23(20)32)27-28-14(3)24(38-27)26(34)35-4/h7-13,21,30-31H,5-6H2,1-4H3/b22-20+. The number of Topliss-reactive ketones (excluding diaryl/α,β-unsaturated/α-hetero) is 1. The fourth-order valence-electron chi connectivity index (χ4n) is 4.14. The van der Waals surface area contributed by atoms with Crippen molar-refractivity contribution in [1.82, 2.24) is 4.98 Å². The van der Waals surface area contributed by atoms with Crippen molar-refractivity contribution < 1.29 is 38.8 Å². The van der Waals surface area contributed by atoms with Crippen LogP contribution in [0.15, 0.2) is 48.0 Å². The molecule has 1 unspecified atom stereocenters. The number of hydrogen-bond donors (Lipinski definition) is 2. The van der Waals surface area contributed by atoms with Crippen LogP contribution in [0.5, 0.6) is 17.2 Å². The van der Waals surface area contributed by atoms with Gasteiger partial charge >= 0.3 is 11.9 Å². The van der Waals surface area contributed by atoms with Gasteiger partial charge in [-0.2, -0.15) is 0 Å². The average molecular weight is 539 g/mol. The Morgan fingerprint density at radius 3 is 2.53 bits per heavy atom. The van der Waals surface area contributed by atoms with Crippen LogP contribution < -0.4 is 14.4 Å². The summed E-state index contributed by atoms with van der Waals surface area (Å²) in [5.41, 5.74) is 0.778. The maximum absolute atomic E-state index is 13.4. The van der Waals surface area contributed by atoms with Crippen LogP contribution in [0.25, 0.3) is 5.76 Å². The first-order valence-electron chi connectivity index (χ1n) is 11.8. The van der Waals surface area contributed by atoms with E-state index in [1.54, 1.807) is 38.1 Å². The summed E-state index contributed by atoms with van der Waals surface area (Å²) in [4.78, 5) is 44.7. The number of benzene rings is 2. The number of aliphatic hydroxyl groups is 1. The van der Waals surface area contributed by atoms with Crippen molar-refractivity contribution >= 4 is 39.9 Å². The number of amides is 1. The van der Waals surface area contributed by atoms with Crippen LogP contribution in [0.3, 0.4) is 0 Å². The monoisotopic (exact) mass is 538 g/mol. The van der Waals surface area contributed by atoms with E-state index in [0.717, 1.165) is 16.2 Å². The van der Waals surface area contributed by atoms with Crippen molar-refractivity contribution in [2.24, 2.45) is 0 Å². The van der Waals surface area contributed by atoms with Gasteiger partial charge in [-0.25, -0.2) is 9.78 Å². The minimum atomic E-state index is -1.14. The molecule has 0 bridgehead atoms. The summed E-state index contributed by atoms with van der Waals surface area (Å²) in [5, 5.41) is 21.7. The number of phenolic OH excluding ortho intramolecular Hbond substituents is 1. The van der Waals surface area contributed by atoms with E-state index in [1.165, 1.54) is 25.3 Å². The molecule has 1 aliphatic rings. The predicted octanol–water partition coefficient (Wildman–Crippen LogP) is 4.37. The summed E-state index contributed by atoms with van der Waals surface area (Å²) in [5.74, 6) is -2.43.